The molecule has 2 bridgehead atoms. The summed E-state index contributed by atoms with van der Waals surface area (Å²) in [6.45, 7) is 2.16. The number of aryl methyl sites for hydroxylation is 1. The highest BCUT2D eigenvalue weighted by molar-refractivity contribution is 7.71. The van der Waals surface area contributed by atoms with E-state index in [2.05, 4.69) is 20.8 Å². The normalized spacial score (nSPS) is 22.6. The van der Waals surface area contributed by atoms with Gasteiger partial charge in [-0.15, -0.1) is 0 Å². The highest BCUT2D eigenvalue weighted by Gasteiger charge is 2.52. The van der Waals surface area contributed by atoms with Crippen LogP contribution in [-0.4, -0.2) is 44.0 Å². The molecule has 10 nitrogen and oxygen atoms in total. The summed E-state index contributed by atoms with van der Waals surface area (Å²) in [5.74, 6) is -2.10. The largest absolute Gasteiger partial charge is 0.481 e. The number of carbonyl (C=O) groups is 3. The molecule has 2 amide bonds. The molecule has 0 saturated heterocycles. The zero-order valence-corrected chi connectivity index (χ0v) is 21.0. The van der Waals surface area contributed by atoms with Crippen LogP contribution in [0.25, 0.3) is 5.78 Å². The second kappa shape index (κ2) is 9.33. The zero-order valence-electron chi connectivity index (χ0n) is 20.2. The number of aliphatic carboxylic acids is 1. The molecule has 37 heavy (non-hydrogen) atoms. The van der Waals surface area contributed by atoms with Gasteiger partial charge in [0.05, 0.1) is 5.41 Å². The van der Waals surface area contributed by atoms with Gasteiger partial charge in [-0.1, -0.05) is 12.1 Å². The number of nitrogens with zero attached hydrogens (tertiary/aromatic N) is 3. The van der Waals surface area contributed by atoms with Crippen LogP contribution in [0.1, 0.15) is 70.6 Å². The van der Waals surface area contributed by atoms with Gasteiger partial charge in [-0.05, 0) is 91.5 Å². The molecular formula is C25H26FN5O5S. The predicted octanol–water partition coefficient (Wildman–Crippen LogP) is 3.58. The van der Waals surface area contributed by atoms with E-state index in [1.807, 2.05) is 0 Å². The zero-order chi connectivity index (χ0) is 26.4. The fraction of sp³-hybridized carbons (Fsp3) is 0.440. The van der Waals surface area contributed by atoms with E-state index in [0.717, 1.165) is 19.3 Å². The van der Waals surface area contributed by atoms with Crippen molar-refractivity contribution in [2.75, 3.05) is 6.54 Å². The van der Waals surface area contributed by atoms with Gasteiger partial charge in [0.2, 0.25) is 0 Å². The lowest BCUT2D eigenvalue weighted by atomic mass is 9.53. The second-order valence-corrected chi connectivity index (χ2v) is 10.5. The van der Waals surface area contributed by atoms with E-state index in [1.54, 1.807) is 19.1 Å². The van der Waals surface area contributed by atoms with Gasteiger partial charge in [0, 0.05) is 13.1 Å². The molecule has 12 heteroatoms. The third-order valence-corrected chi connectivity index (χ3v) is 8.20. The first kappa shape index (κ1) is 25.0. The minimum atomic E-state index is -0.730. The monoisotopic (exact) mass is 527 g/mol. The fourth-order valence-electron chi connectivity index (χ4n) is 5.43. The summed E-state index contributed by atoms with van der Waals surface area (Å²) in [5.41, 5.74) is 0.400. The first-order valence-corrected chi connectivity index (χ1v) is 12.5. The van der Waals surface area contributed by atoms with Crippen LogP contribution in [0, 0.1) is 28.4 Å². The van der Waals surface area contributed by atoms with Crippen molar-refractivity contribution in [1.82, 2.24) is 25.2 Å². The van der Waals surface area contributed by atoms with Gasteiger partial charge in [0.25, 0.3) is 17.6 Å². The molecule has 3 N–H and O–H groups in total. The van der Waals surface area contributed by atoms with Crippen molar-refractivity contribution in [3.63, 3.8) is 0 Å². The third-order valence-electron chi connectivity index (χ3n) is 7.94. The quantitative estimate of drug-likeness (QED) is 0.396. The van der Waals surface area contributed by atoms with Gasteiger partial charge in [0.1, 0.15) is 17.2 Å². The van der Waals surface area contributed by atoms with Gasteiger partial charge in [-0.2, -0.15) is 0 Å². The topological polar surface area (TPSA) is 139 Å². The van der Waals surface area contributed by atoms with E-state index in [4.69, 9.17) is 16.7 Å². The Hall–Kier alpha value is -3.67. The van der Waals surface area contributed by atoms with Crippen molar-refractivity contribution in [3.05, 3.63) is 57.4 Å². The van der Waals surface area contributed by atoms with Crippen molar-refractivity contribution < 1.29 is 28.4 Å². The molecule has 0 radical (unpaired) electrons. The lowest BCUT2D eigenvalue weighted by molar-refractivity contribution is -0.158. The Morgan fingerprint density at radius 2 is 1.81 bits per heavy atom. The average Bonchev–Trinajstić information content (AvgIpc) is 3.28. The van der Waals surface area contributed by atoms with E-state index in [1.165, 1.54) is 16.5 Å². The van der Waals surface area contributed by atoms with Crippen molar-refractivity contribution in [1.29, 1.82) is 0 Å². The highest BCUT2D eigenvalue weighted by atomic mass is 32.1. The molecule has 3 aliphatic carbocycles. The lowest BCUT2D eigenvalue weighted by Gasteiger charge is -2.51. The van der Waals surface area contributed by atoms with Crippen molar-refractivity contribution in [3.8, 4) is 0 Å². The van der Waals surface area contributed by atoms with E-state index in [-0.39, 0.29) is 39.8 Å². The SMILES string of the molecule is Cc1cc(CNC(=O)c2cc(C(=O)NCC34CCC(C(=O)O)(CC3)CC4)n3c(=S)onc3n2)ccc1F. The van der Waals surface area contributed by atoms with Crippen LogP contribution < -0.4 is 10.6 Å². The summed E-state index contributed by atoms with van der Waals surface area (Å²) in [7, 11) is 0. The van der Waals surface area contributed by atoms with E-state index in [9.17, 15) is 23.9 Å². The molecule has 6 rings (SSSR count). The maximum absolute atomic E-state index is 13.5. The molecule has 2 aromatic heterocycles. The number of amides is 2. The number of carboxylic acids is 1. The summed E-state index contributed by atoms with van der Waals surface area (Å²) in [5, 5.41) is 19.1. The van der Waals surface area contributed by atoms with Gasteiger partial charge < -0.3 is 20.3 Å². The molecular weight excluding hydrogens is 501 g/mol. The number of benzene rings is 1. The predicted molar refractivity (Wildman–Crippen MR) is 131 cm³/mol. The highest BCUT2D eigenvalue weighted by Crippen LogP contribution is 2.56. The molecule has 0 spiro atoms. The Labute approximate surface area is 216 Å². The second-order valence-electron chi connectivity index (χ2n) is 10.1. The third kappa shape index (κ3) is 4.61. The molecule has 194 valence electrons. The fourth-order valence-corrected chi connectivity index (χ4v) is 5.65. The van der Waals surface area contributed by atoms with Crippen LogP contribution >= 0.6 is 12.2 Å². The van der Waals surface area contributed by atoms with E-state index < -0.39 is 23.2 Å². The number of aromatic nitrogens is 3. The van der Waals surface area contributed by atoms with Crippen LogP contribution in [0.2, 0.25) is 0 Å². The number of carbonyl (C=O) groups excluding carboxylic acids is 2. The molecule has 0 atom stereocenters. The first-order valence-electron chi connectivity index (χ1n) is 12.1. The van der Waals surface area contributed by atoms with Gasteiger partial charge in [-0.3, -0.25) is 14.4 Å². The van der Waals surface area contributed by atoms with Gasteiger partial charge in [-0.25, -0.2) is 13.8 Å². The molecule has 0 aliphatic heterocycles. The average molecular weight is 528 g/mol. The van der Waals surface area contributed by atoms with Crippen LogP contribution in [0.3, 0.4) is 0 Å². The number of carboxylic acid groups (broad SMARTS) is 1. The molecule has 3 aliphatic rings. The molecule has 1 aromatic carbocycles. The lowest BCUT2D eigenvalue weighted by Crippen LogP contribution is -2.50. The Kier molecular flexibility index (Phi) is 6.30. The number of nitrogens with one attached hydrogen (secondary N) is 2. The van der Waals surface area contributed by atoms with E-state index >= 15 is 0 Å². The molecule has 3 fully saturated rings. The van der Waals surface area contributed by atoms with Crippen molar-refractivity contribution >= 4 is 35.8 Å². The summed E-state index contributed by atoms with van der Waals surface area (Å²) >= 11 is 5.16. The van der Waals surface area contributed by atoms with Crippen LogP contribution in [0.5, 0.6) is 0 Å². The summed E-state index contributed by atoms with van der Waals surface area (Å²) < 4.78 is 19.8. The number of halogens is 1. The molecule has 3 aromatic rings. The Morgan fingerprint density at radius 1 is 1.11 bits per heavy atom. The minimum Gasteiger partial charge on any atom is -0.481 e. The molecule has 2 heterocycles. The molecule has 3 saturated carbocycles. The maximum atomic E-state index is 13.5. The first-order chi connectivity index (χ1) is 17.6. The Balaban J connectivity index is 1.32. The number of hydrogen-bond donors (Lipinski definition) is 3. The van der Waals surface area contributed by atoms with E-state index in [0.29, 0.717) is 36.9 Å². The van der Waals surface area contributed by atoms with Gasteiger partial charge >= 0.3 is 10.8 Å². The number of fused-ring (bicyclic) bond motifs is 4. The summed E-state index contributed by atoms with van der Waals surface area (Å²) in [6.07, 6.45) is 4.00. The smallest absolute Gasteiger partial charge is 0.309 e. The minimum absolute atomic E-state index is 0.0276. The summed E-state index contributed by atoms with van der Waals surface area (Å²) in [6, 6.07) is 5.87. The number of hydrogen-bond acceptors (Lipinski definition) is 7. The van der Waals surface area contributed by atoms with Crippen molar-refractivity contribution in [2.24, 2.45) is 10.8 Å². The Morgan fingerprint density at radius 3 is 2.46 bits per heavy atom. The standard InChI is InChI=1S/C25H26FN5O5S/c1-14-10-15(2-3-16(14)26)12-27-19(32)17-11-18(31-22(29-17)30-36-23(31)37)20(33)28-13-24-4-7-25(8-5-24,9-6-24)21(34)35/h2-3,10-11H,4-9,12-13H2,1H3,(H,27,32)(H,28,33)(H,34,35). The van der Waals surface area contributed by atoms with Crippen LogP contribution in [-0.2, 0) is 11.3 Å². The van der Waals surface area contributed by atoms with Gasteiger partial charge in [0.15, 0.2) is 0 Å². The van der Waals surface area contributed by atoms with Crippen LogP contribution in [0.4, 0.5) is 4.39 Å². The van der Waals surface area contributed by atoms with Crippen LogP contribution in [0.15, 0.2) is 28.8 Å². The maximum Gasteiger partial charge on any atom is 0.309 e. The number of rotatable bonds is 7. The Bertz CT molecular complexity index is 1460. The molecule has 0 unspecified atom stereocenters. The van der Waals surface area contributed by atoms with Crippen molar-refractivity contribution in [2.45, 2.75) is 52.0 Å². The summed E-state index contributed by atoms with van der Waals surface area (Å²) in [4.78, 5) is 42.0.